The van der Waals surface area contributed by atoms with E-state index in [1.165, 1.54) is 13.8 Å². The number of oxazole rings is 1. The first-order chi connectivity index (χ1) is 16.3. The third kappa shape index (κ3) is 5.80. The van der Waals surface area contributed by atoms with E-state index in [0.29, 0.717) is 47.8 Å². The van der Waals surface area contributed by atoms with Crippen LogP contribution in [0.5, 0.6) is 11.5 Å². The van der Waals surface area contributed by atoms with Gasteiger partial charge in [0.25, 0.3) is 6.01 Å². The molecule has 1 heterocycles. The molecule has 176 valence electrons. The molecule has 0 aliphatic rings. The van der Waals surface area contributed by atoms with Crippen molar-refractivity contribution in [2.45, 2.75) is 26.0 Å². The maximum Gasteiger partial charge on any atom is 0.347 e. The lowest BCUT2D eigenvalue weighted by atomic mass is 10.1. The second-order valence-corrected chi connectivity index (χ2v) is 8.69. The van der Waals surface area contributed by atoms with Gasteiger partial charge in [0, 0.05) is 11.6 Å². The quantitative estimate of drug-likeness (QED) is 0.306. The summed E-state index contributed by atoms with van der Waals surface area (Å²) in [5.41, 5.74) is 1.03. The van der Waals surface area contributed by atoms with Gasteiger partial charge in [0.05, 0.1) is 6.54 Å². The van der Waals surface area contributed by atoms with E-state index in [-0.39, 0.29) is 0 Å². The fourth-order valence-electron chi connectivity index (χ4n) is 3.31. The van der Waals surface area contributed by atoms with Crippen LogP contribution in [0.3, 0.4) is 0 Å². The number of fused-ring (bicyclic) bond motifs is 1. The Labute approximate surface area is 202 Å². The fourth-order valence-corrected chi connectivity index (χ4v) is 3.43. The molecule has 0 radical (unpaired) electrons. The summed E-state index contributed by atoms with van der Waals surface area (Å²) in [6.07, 6.45) is 0. The zero-order valence-corrected chi connectivity index (χ0v) is 19.7. The Morgan fingerprint density at radius 2 is 1.82 bits per heavy atom. The highest BCUT2D eigenvalue weighted by Crippen LogP contribution is 2.25. The molecule has 7 nitrogen and oxygen atoms in total. The zero-order valence-electron chi connectivity index (χ0n) is 18.9. The maximum atomic E-state index is 11.4. The smallest absolute Gasteiger partial charge is 0.347 e. The first kappa shape index (κ1) is 23.4. The topological polar surface area (TPSA) is 85.0 Å². The van der Waals surface area contributed by atoms with Crippen LogP contribution in [0.1, 0.15) is 19.4 Å². The maximum absolute atomic E-state index is 11.4. The highest BCUT2D eigenvalue weighted by molar-refractivity contribution is 6.30. The van der Waals surface area contributed by atoms with Gasteiger partial charge in [-0.1, -0.05) is 35.9 Å². The van der Waals surface area contributed by atoms with Crippen LogP contribution in [0.2, 0.25) is 5.02 Å². The number of aromatic nitrogens is 1. The number of hydrogen-bond acceptors (Lipinski definition) is 6. The molecule has 1 aromatic heterocycles. The Balaban J connectivity index is 1.53. The average Bonchev–Trinajstić information content (AvgIpc) is 3.24. The largest absolute Gasteiger partial charge is 0.492 e. The molecular formula is C26H25ClN2O5. The minimum Gasteiger partial charge on any atom is -0.492 e. The van der Waals surface area contributed by atoms with E-state index >= 15 is 0 Å². The highest BCUT2D eigenvalue weighted by Gasteiger charge is 2.29. The van der Waals surface area contributed by atoms with E-state index in [0.717, 1.165) is 11.1 Å². The van der Waals surface area contributed by atoms with Crippen molar-refractivity contribution < 1.29 is 23.8 Å². The first-order valence-corrected chi connectivity index (χ1v) is 11.2. The number of aliphatic carboxylic acids is 1. The van der Waals surface area contributed by atoms with Gasteiger partial charge in [-0.25, -0.2) is 4.79 Å². The van der Waals surface area contributed by atoms with E-state index < -0.39 is 11.6 Å². The van der Waals surface area contributed by atoms with Crippen molar-refractivity contribution in [2.75, 3.05) is 18.1 Å². The molecule has 4 aromatic rings. The molecule has 0 saturated carbocycles. The number of nitrogens with zero attached hydrogens (tertiary/aromatic N) is 2. The Kier molecular flexibility index (Phi) is 6.93. The number of benzene rings is 3. The SMILES string of the molecule is CC(C)(Oc1cccc(CN(CCOc2ccc(Cl)cc2)c2nc3ccccc3o2)c1)C(=O)O. The number of anilines is 1. The third-order valence-corrected chi connectivity index (χ3v) is 5.41. The summed E-state index contributed by atoms with van der Waals surface area (Å²) in [7, 11) is 0. The first-order valence-electron chi connectivity index (χ1n) is 10.8. The minimum absolute atomic E-state index is 0.391. The Morgan fingerprint density at radius 1 is 1.06 bits per heavy atom. The predicted octanol–water partition coefficient (Wildman–Crippen LogP) is 5.81. The molecule has 0 unspecified atom stereocenters. The van der Waals surface area contributed by atoms with Gasteiger partial charge in [-0.3, -0.25) is 0 Å². The number of para-hydroxylation sites is 2. The summed E-state index contributed by atoms with van der Waals surface area (Å²) in [6, 6.07) is 22.6. The molecule has 34 heavy (non-hydrogen) atoms. The summed E-state index contributed by atoms with van der Waals surface area (Å²) in [4.78, 5) is 18.0. The molecule has 1 N–H and O–H groups in total. The van der Waals surface area contributed by atoms with Gasteiger partial charge in [0.15, 0.2) is 11.2 Å². The van der Waals surface area contributed by atoms with Crippen LogP contribution >= 0.6 is 11.6 Å². The molecule has 0 saturated heterocycles. The number of rotatable bonds is 10. The number of halogens is 1. The summed E-state index contributed by atoms with van der Waals surface area (Å²) in [6.45, 7) is 4.38. The summed E-state index contributed by atoms with van der Waals surface area (Å²) in [5.74, 6) is 0.151. The second-order valence-electron chi connectivity index (χ2n) is 8.25. The van der Waals surface area contributed by atoms with Gasteiger partial charge in [-0.05, 0) is 67.9 Å². The molecule has 0 amide bonds. The van der Waals surface area contributed by atoms with E-state index in [1.807, 2.05) is 59.5 Å². The number of carbonyl (C=O) groups is 1. The van der Waals surface area contributed by atoms with Crippen LogP contribution in [0.25, 0.3) is 11.1 Å². The minimum atomic E-state index is -1.34. The molecule has 4 rings (SSSR count). The van der Waals surface area contributed by atoms with Crippen molar-refractivity contribution in [1.82, 2.24) is 4.98 Å². The molecule has 0 aliphatic heterocycles. The third-order valence-electron chi connectivity index (χ3n) is 5.16. The molecule has 0 spiro atoms. The predicted molar refractivity (Wildman–Crippen MR) is 131 cm³/mol. The Morgan fingerprint density at radius 3 is 2.56 bits per heavy atom. The van der Waals surface area contributed by atoms with Gasteiger partial charge in [0.2, 0.25) is 0 Å². The molecule has 0 aliphatic carbocycles. The van der Waals surface area contributed by atoms with E-state index in [9.17, 15) is 9.90 Å². The normalized spacial score (nSPS) is 11.4. The molecular weight excluding hydrogens is 456 g/mol. The highest BCUT2D eigenvalue weighted by atomic mass is 35.5. The lowest BCUT2D eigenvalue weighted by Gasteiger charge is -2.23. The Hall–Kier alpha value is -3.71. The summed E-state index contributed by atoms with van der Waals surface area (Å²) >= 11 is 5.95. The van der Waals surface area contributed by atoms with E-state index in [1.54, 1.807) is 18.2 Å². The summed E-state index contributed by atoms with van der Waals surface area (Å²) < 4.78 is 17.6. The lowest BCUT2D eigenvalue weighted by Crippen LogP contribution is -2.37. The van der Waals surface area contributed by atoms with E-state index in [2.05, 4.69) is 4.98 Å². The zero-order chi connectivity index (χ0) is 24.1. The van der Waals surface area contributed by atoms with Crippen LogP contribution in [0.15, 0.2) is 77.2 Å². The lowest BCUT2D eigenvalue weighted by molar-refractivity contribution is -0.152. The summed E-state index contributed by atoms with van der Waals surface area (Å²) in [5, 5.41) is 10.0. The number of ether oxygens (including phenoxy) is 2. The van der Waals surface area contributed by atoms with Gasteiger partial charge in [0.1, 0.15) is 23.6 Å². The van der Waals surface area contributed by atoms with Crippen molar-refractivity contribution in [1.29, 1.82) is 0 Å². The molecule has 3 aromatic carbocycles. The van der Waals surface area contributed by atoms with Crippen molar-refractivity contribution in [3.63, 3.8) is 0 Å². The van der Waals surface area contributed by atoms with Gasteiger partial charge in [-0.15, -0.1) is 0 Å². The molecule has 0 atom stereocenters. The van der Waals surface area contributed by atoms with Crippen LogP contribution in [-0.2, 0) is 11.3 Å². The number of carboxylic acid groups (broad SMARTS) is 1. The van der Waals surface area contributed by atoms with Crippen molar-refractivity contribution >= 4 is 34.7 Å². The van der Waals surface area contributed by atoms with Crippen molar-refractivity contribution in [2.24, 2.45) is 0 Å². The van der Waals surface area contributed by atoms with Crippen molar-refractivity contribution in [3.8, 4) is 11.5 Å². The number of carboxylic acids is 1. The number of hydrogen-bond donors (Lipinski definition) is 1. The second kappa shape index (κ2) is 10.1. The van der Waals surface area contributed by atoms with Gasteiger partial charge < -0.3 is 23.9 Å². The van der Waals surface area contributed by atoms with Crippen molar-refractivity contribution in [3.05, 3.63) is 83.4 Å². The van der Waals surface area contributed by atoms with Gasteiger partial charge in [-0.2, -0.15) is 4.98 Å². The fraction of sp³-hybridized carbons (Fsp3) is 0.231. The van der Waals surface area contributed by atoms with Gasteiger partial charge >= 0.3 is 5.97 Å². The standard InChI is InChI=1S/C26H25ClN2O5/c1-26(2,24(30)31)34-21-7-5-6-18(16-21)17-29(14-15-32-20-12-10-19(27)11-13-20)25-28-22-8-3-4-9-23(22)33-25/h3-13,16H,14-15,17H2,1-2H3,(H,30,31). The van der Waals surface area contributed by atoms with Crippen LogP contribution in [0.4, 0.5) is 6.01 Å². The Bertz CT molecular complexity index is 1240. The monoisotopic (exact) mass is 480 g/mol. The average molecular weight is 481 g/mol. The van der Waals surface area contributed by atoms with Crippen LogP contribution in [0, 0.1) is 0 Å². The molecule has 0 bridgehead atoms. The molecule has 0 fully saturated rings. The van der Waals surface area contributed by atoms with E-state index in [4.69, 9.17) is 25.5 Å². The molecule has 8 heteroatoms. The van der Waals surface area contributed by atoms with Crippen LogP contribution in [-0.4, -0.2) is 34.8 Å². The van der Waals surface area contributed by atoms with Crippen LogP contribution < -0.4 is 14.4 Å².